The summed E-state index contributed by atoms with van der Waals surface area (Å²) in [6, 6.07) is 19.8. The number of rotatable bonds is 5. The molecule has 2 aliphatic heterocycles. The molecule has 32 heavy (non-hydrogen) atoms. The first kappa shape index (κ1) is 20.6. The molecule has 162 valence electrons. The largest absolute Gasteiger partial charge is 0.496 e. The van der Waals surface area contributed by atoms with E-state index in [1.807, 2.05) is 54.6 Å². The van der Waals surface area contributed by atoms with E-state index in [0.717, 1.165) is 51.3 Å². The standard InChI is InChI=1S/C25H24N4O2S/c1-3-4-15-32-25-27-24(30)22-19-11-7-8-12-20(19)26-23(29(22)28-25)18-13-14-21(31-2)17-10-6-5-9-16(17)18/h5-14,23H,3-4,15H2,1-2H3,(H,27,28,30). The van der Waals surface area contributed by atoms with Crippen LogP contribution in [0, 0.1) is 0 Å². The van der Waals surface area contributed by atoms with Crippen LogP contribution in [0.3, 0.4) is 0 Å². The highest BCUT2D eigenvalue weighted by Crippen LogP contribution is 2.37. The minimum atomic E-state index is -0.455. The summed E-state index contributed by atoms with van der Waals surface area (Å²) in [5.41, 5.74) is 1.50. The fourth-order valence-corrected chi connectivity index (χ4v) is 5.04. The molecule has 2 aliphatic rings. The van der Waals surface area contributed by atoms with Crippen molar-refractivity contribution in [3.05, 3.63) is 76.8 Å². The van der Waals surface area contributed by atoms with E-state index in [2.05, 4.69) is 18.3 Å². The van der Waals surface area contributed by atoms with Crippen LogP contribution in [0.2, 0.25) is 0 Å². The monoisotopic (exact) mass is 444 g/mol. The molecule has 1 atom stereocenters. The van der Waals surface area contributed by atoms with Gasteiger partial charge in [0.2, 0.25) is 0 Å². The van der Waals surface area contributed by atoms with Crippen molar-refractivity contribution in [2.75, 3.05) is 12.9 Å². The average Bonchev–Trinajstić information content (AvgIpc) is 2.83. The van der Waals surface area contributed by atoms with Crippen molar-refractivity contribution in [3.8, 4) is 5.75 Å². The van der Waals surface area contributed by atoms with Gasteiger partial charge in [-0.05, 0) is 23.9 Å². The van der Waals surface area contributed by atoms with E-state index in [1.54, 1.807) is 23.9 Å². The van der Waals surface area contributed by atoms with E-state index in [1.165, 1.54) is 0 Å². The molecule has 0 aliphatic carbocycles. The van der Waals surface area contributed by atoms with Crippen molar-refractivity contribution < 1.29 is 9.53 Å². The van der Waals surface area contributed by atoms with Gasteiger partial charge >= 0.3 is 0 Å². The highest BCUT2D eigenvalue weighted by Gasteiger charge is 2.35. The maximum Gasteiger partial charge on any atom is 0.276 e. The Hall–Kier alpha value is -3.32. The highest BCUT2D eigenvalue weighted by molar-refractivity contribution is 8.13. The molecule has 0 bridgehead atoms. The van der Waals surface area contributed by atoms with Gasteiger partial charge in [-0.15, -0.1) is 5.10 Å². The average molecular weight is 445 g/mol. The number of nitrogens with one attached hydrogen (secondary N) is 1. The summed E-state index contributed by atoms with van der Waals surface area (Å²) >= 11 is 1.57. The molecule has 2 heterocycles. The Morgan fingerprint density at radius 3 is 2.66 bits per heavy atom. The molecule has 0 saturated carbocycles. The van der Waals surface area contributed by atoms with Crippen LogP contribution in [0.5, 0.6) is 5.75 Å². The summed E-state index contributed by atoms with van der Waals surface area (Å²) in [4.78, 5) is 18.3. The van der Waals surface area contributed by atoms with Gasteiger partial charge in [-0.25, -0.2) is 5.01 Å². The zero-order valence-electron chi connectivity index (χ0n) is 18.0. The molecule has 3 aromatic rings. The molecule has 6 nitrogen and oxygen atoms in total. The molecule has 0 spiro atoms. The minimum absolute atomic E-state index is 0.149. The molecule has 1 amide bonds. The van der Waals surface area contributed by atoms with Gasteiger partial charge in [0, 0.05) is 21.9 Å². The van der Waals surface area contributed by atoms with E-state index < -0.39 is 6.17 Å². The maximum atomic E-state index is 13.2. The second-order valence-corrected chi connectivity index (χ2v) is 8.76. The summed E-state index contributed by atoms with van der Waals surface area (Å²) in [6.07, 6.45) is 1.71. The summed E-state index contributed by atoms with van der Waals surface area (Å²) < 4.78 is 5.58. The van der Waals surface area contributed by atoms with E-state index in [4.69, 9.17) is 14.8 Å². The first-order valence-electron chi connectivity index (χ1n) is 10.8. The number of unbranched alkanes of at least 4 members (excludes halogenated alkanes) is 1. The second-order valence-electron chi connectivity index (χ2n) is 7.68. The van der Waals surface area contributed by atoms with Gasteiger partial charge in [-0.2, -0.15) is 0 Å². The first-order valence-corrected chi connectivity index (χ1v) is 11.7. The lowest BCUT2D eigenvalue weighted by Gasteiger charge is -2.34. The lowest BCUT2D eigenvalue weighted by molar-refractivity contribution is -0.116. The zero-order valence-corrected chi connectivity index (χ0v) is 18.9. The van der Waals surface area contributed by atoms with Gasteiger partial charge in [0.05, 0.1) is 12.5 Å². The Morgan fingerprint density at radius 1 is 1.06 bits per heavy atom. The smallest absolute Gasteiger partial charge is 0.276 e. The number of hydrazone groups is 1. The Morgan fingerprint density at radius 2 is 1.84 bits per heavy atom. The van der Waals surface area contributed by atoms with Gasteiger partial charge in [0.15, 0.2) is 11.3 Å². The van der Waals surface area contributed by atoms with Crippen LogP contribution in [0.1, 0.15) is 31.5 Å². The number of para-hydroxylation sites is 1. The number of carbonyl (C=O) groups excluding carboxylic acids is 1. The molecular weight excluding hydrogens is 420 g/mol. The van der Waals surface area contributed by atoms with Crippen LogP contribution in [-0.2, 0) is 4.79 Å². The third-order valence-electron chi connectivity index (χ3n) is 5.67. The molecule has 0 aromatic heterocycles. The van der Waals surface area contributed by atoms with Crippen LogP contribution in [0.4, 0.5) is 0 Å². The Balaban J connectivity index is 1.71. The molecule has 7 heteroatoms. The molecule has 0 fully saturated rings. The van der Waals surface area contributed by atoms with Crippen molar-refractivity contribution >= 4 is 39.3 Å². The summed E-state index contributed by atoms with van der Waals surface area (Å²) in [5.74, 6) is 1.56. The first-order chi connectivity index (χ1) is 15.7. The van der Waals surface area contributed by atoms with Crippen molar-refractivity contribution in [2.45, 2.75) is 25.9 Å². The summed E-state index contributed by atoms with van der Waals surface area (Å²) in [5, 5.41) is 13.8. The van der Waals surface area contributed by atoms with E-state index in [9.17, 15) is 4.79 Å². The molecule has 1 unspecified atom stereocenters. The van der Waals surface area contributed by atoms with E-state index in [-0.39, 0.29) is 5.91 Å². The number of nitrogens with zero attached hydrogens (tertiary/aromatic N) is 3. The molecular formula is C25H24N4O2S. The molecule has 0 saturated heterocycles. The van der Waals surface area contributed by atoms with Crippen LogP contribution < -0.4 is 20.6 Å². The maximum absolute atomic E-state index is 13.2. The number of thioether (sulfide) groups is 1. The molecule has 5 rings (SSSR count). The van der Waals surface area contributed by atoms with Crippen molar-refractivity contribution in [1.82, 2.24) is 10.3 Å². The van der Waals surface area contributed by atoms with Gasteiger partial charge in [-0.3, -0.25) is 15.1 Å². The van der Waals surface area contributed by atoms with Gasteiger partial charge in [0.25, 0.3) is 5.91 Å². The highest BCUT2D eigenvalue weighted by atomic mass is 32.2. The zero-order chi connectivity index (χ0) is 22.1. The lowest BCUT2D eigenvalue weighted by Crippen LogP contribution is -2.50. The SMILES string of the molecule is CCCCSC1=NN2C(=c3ccccc3=NC2c2ccc(OC)c3ccccc23)C(=O)N1. The van der Waals surface area contributed by atoms with Crippen LogP contribution in [-0.4, -0.2) is 28.9 Å². The third-order valence-corrected chi connectivity index (χ3v) is 6.62. The minimum Gasteiger partial charge on any atom is -0.496 e. The third kappa shape index (κ3) is 3.52. The second kappa shape index (κ2) is 8.67. The number of hydrogen-bond donors (Lipinski definition) is 1. The van der Waals surface area contributed by atoms with Crippen molar-refractivity contribution in [3.63, 3.8) is 0 Å². The van der Waals surface area contributed by atoms with Crippen molar-refractivity contribution in [1.29, 1.82) is 0 Å². The van der Waals surface area contributed by atoms with E-state index in [0.29, 0.717) is 10.9 Å². The van der Waals surface area contributed by atoms with Gasteiger partial charge in [0.1, 0.15) is 11.4 Å². The lowest BCUT2D eigenvalue weighted by atomic mass is 10.00. The number of amides is 1. The normalized spacial score (nSPS) is 17.2. The Labute approximate surface area is 190 Å². The van der Waals surface area contributed by atoms with E-state index >= 15 is 0 Å². The number of ether oxygens (including phenoxy) is 1. The molecule has 3 aromatic carbocycles. The summed E-state index contributed by atoms with van der Waals surface area (Å²) in [6.45, 7) is 2.15. The Bertz CT molecular complexity index is 1350. The van der Waals surface area contributed by atoms with Crippen molar-refractivity contribution in [2.24, 2.45) is 10.1 Å². The van der Waals surface area contributed by atoms with Crippen LogP contribution >= 0.6 is 11.8 Å². The molecule has 1 N–H and O–H groups in total. The number of amidine groups is 1. The topological polar surface area (TPSA) is 66.3 Å². The van der Waals surface area contributed by atoms with Gasteiger partial charge in [-0.1, -0.05) is 73.6 Å². The fraction of sp³-hybridized carbons (Fsp3) is 0.240. The summed E-state index contributed by atoms with van der Waals surface area (Å²) in [7, 11) is 1.67. The van der Waals surface area contributed by atoms with Crippen LogP contribution in [0.25, 0.3) is 16.5 Å². The Kier molecular flexibility index (Phi) is 5.57. The number of fused-ring (bicyclic) bond motifs is 3. The predicted octanol–water partition coefficient (Wildman–Crippen LogP) is 3.52. The number of carbonyl (C=O) groups is 1. The fourth-order valence-electron chi connectivity index (χ4n) is 4.11. The quantitative estimate of drug-likeness (QED) is 0.612. The van der Waals surface area contributed by atoms with Gasteiger partial charge < -0.3 is 4.74 Å². The molecule has 0 radical (unpaired) electrons. The number of hydrogen-bond acceptors (Lipinski definition) is 6. The predicted molar refractivity (Wildman–Crippen MR) is 129 cm³/mol. The number of methoxy groups -OCH3 is 1. The number of benzene rings is 3. The van der Waals surface area contributed by atoms with Crippen LogP contribution in [0.15, 0.2) is 70.8 Å².